The average molecular weight is 547 g/mol. The number of nitrogens with two attached hydrogens (primary N) is 1. The van der Waals surface area contributed by atoms with Gasteiger partial charge >= 0.3 is 24.3 Å². The van der Waals surface area contributed by atoms with Gasteiger partial charge in [0.05, 0.1) is 0 Å². The van der Waals surface area contributed by atoms with Crippen molar-refractivity contribution in [1.29, 1.82) is 0 Å². The Bertz CT molecular complexity index is 1190. The first kappa shape index (κ1) is 31.5. The molecule has 206 valence electrons. The summed E-state index contributed by atoms with van der Waals surface area (Å²) >= 11 is 0. The Morgan fingerprint density at radius 3 is 1.76 bits per heavy atom. The quantitative estimate of drug-likeness (QED) is 0.328. The standard InChI is InChI=1S/C19H21N5.2C2HF3O2/c1-13-11-18(23-19(20)21-13)22-16-6-4-5-15(12-16)14-7-9-17(10-8-14)24(2)3;2*3-2(4,5)1(6)7/h4-12H,1-3H3,(H3,20,21,22,23);2*(H,6,7). The van der Waals surface area contributed by atoms with E-state index in [-0.39, 0.29) is 5.95 Å². The number of aryl methyl sites for hydroxylation is 1. The molecule has 0 aliphatic heterocycles. The van der Waals surface area contributed by atoms with Crippen molar-refractivity contribution in [3.63, 3.8) is 0 Å². The second-order valence-electron chi connectivity index (χ2n) is 7.51. The monoisotopic (exact) mass is 547 g/mol. The van der Waals surface area contributed by atoms with Crippen LogP contribution in [0.15, 0.2) is 54.6 Å². The maximum absolute atomic E-state index is 10.6. The Balaban J connectivity index is 0.000000426. The van der Waals surface area contributed by atoms with Crippen LogP contribution in [-0.2, 0) is 9.59 Å². The average Bonchev–Trinajstić information content (AvgIpc) is 2.78. The number of carboxylic acids is 2. The molecular weight excluding hydrogens is 524 g/mol. The van der Waals surface area contributed by atoms with E-state index in [4.69, 9.17) is 25.5 Å². The molecule has 3 rings (SSSR count). The predicted molar refractivity (Wildman–Crippen MR) is 128 cm³/mol. The number of aromatic nitrogens is 2. The van der Waals surface area contributed by atoms with Crippen LogP contribution in [0.4, 0.5) is 49.5 Å². The minimum absolute atomic E-state index is 0.271. The molecule has 0 fully saturated rings. The molecule has 1 aromatic heterocycles. The minimum atomic E-state index is -5.08. The molecule has 9 nitrogen and oxygen atoms in total. The molecule has 2 aromatic carbocycles. The van der Waals surface area contributed by atoms with Crippen molar-refractivity contribution in [2.75, 3.05) is 30.0 Å². The molecule has 0 radical (unpaired) electrons. The van der Waals surface area contributed by atoms with Crippen molar-refractivity contribution in [2.24, 2.45) is 0 Å². The van der Waals surface area contributed by atoms with E-state index in [0.717, 1.165) is 16.9 Å². The maximum atomic E-state index is 10.6. The molecule has 3 aromatic rings. The fraction of sp³-hybridized carbons (Fsp3) is 0.217. The second kappa shape index (κ2) is 13.1. The molecule has 5 N–H and O–H groups in total. The third kappa shape index (κ3) is 11.0. The number of aliphatic carboxylic acids is 2. The summed E-state index contributed by atoms with van der Waals surface area (Å²) < 4.78 is 63.5. The van der Waals surface area contributed by atoms with Crippen LogP contribution >= 0.6 is 0 Å². The molecule has 0 bridgehead atoms. The number of carbonyl (C=O) groups is 2. The highest BCUT2D eigenvalue weighted by molar-refractivity contribution is 5.73. The van der Waals surface area contributed by atoms with E-state index in [1.807, 2.05) is 39.2 Å². The number of nitrogen functional groups attached to an aromatic ring is 1. The Labute approximate surface area is 212 Å². The van der Waals surface area contributed by atoms with Gasteiger partial charge in [-0.25, -0.2) is 14.6 Å². The lowest BCUT2D eigenvalue weighted by Crippen LogP contribution is -2.21. The van der Waals surface area contributed by atoms with Crippen LogP contribution in [0.1, 0.15) is 5.69 Å². The number of alkyl halides is 6. The van der Waals surface area contributed by atoms with Gasteiger partial charge in [0.15, 0.2) is 0 Å². The van der Waals surface area contributed by atoms with Crippen molar-refractivity contribution < 1.29 is 46.1 Å². The number of nitrogens with zero attached hydrogens (tertiary/aromatic N) is 3. The number of rotatable bonds is 4. The van der Waals surface area contributed by atoms with Gasteiger partial charge in [-0.15, -0.1) is 0 Å². The van der Waals surface area contributed by atoms with Crippen LogP contribution in [-0.4, -0.2) is 58.6 Å². The van der Waals surface area contributed by atoms with Crippen LogP contribution in [0.5, 0.6) is 0 Å². The Hall–Kier alpha value is -4.56. The number of nitrogens with one attached hydrogen (secondary N) is 1. The van der Waals surface area contributed by atoms with E-state index >= 15 is 0 Å². The molecule has 0 atom stereocenters. The summed E-state index contributed by atoms with van der Waals surface area (Å²) in [5, 5.41) is 17.5. The third-order valence-corrected chi connectivity index (χ3v) is 4.21. The molecular formula is C23H23F6N5O4. The number of halogens is 6. The number of carboxylic acid groups (broad SMARTS) is 2. The maximum Gasteiger partial charge on any atom is 0.490 e. The molecule has 0 unspecified atom stereocenters. The lowest BCUT2D eigenvalue weighted by Gasteiger charge is -2.13. The number of hydrogen-bond acceptors (Lipinski definition) is 7. The molecule has 15 heteroatoms. The van der Waals surface area contributed by atoms with E-state index < -0.39 is 24.3 Å². The van der Waals surface area contributed by atoms with Crippen LogP contribution in [0.2, 0.25) is 0 Å². The Kier molecular flexibility index (Phi) is 10.9. The number of hydrogen-bond donors (Lipinski definition) is 4. The van der Waals surface area contributed by atoms with E-state index in [2.05, 4.69) is 56.6 Å². The largest absolute Gasteiger partial charge is 0.490 e. The highest BCUT2D eigenvalue weighted by Crippen LogP contribution is 2.26. The van der Waals surface area contributed by atoms with Gasteiger partial charge in [0, 0.05) is 37.2 Å². The third-order valence-electron chi connectivity index (χ3n) is 4.21. The van der Waals surface area contributed by atoms with Gasteiger partial charge in [0.25, 0.3) is 0 Å². The fourth-order valence-electron chi connectivity index (χ4n) is 2.53. The van der Waals surface area contributed by atoms with Gasteiger partial charge < -0.3 is 26.2 Å². The lowest BCUT2D eigenvalue weighted by molar-refractivity contribution is -0.193. The summed E-state index contributed by atoms with van der Waals surface area (Å²) in [5.74, 6) is -4.55. The zero-order chi connectivity index (χ0) is 29.3. The molecule has 1 heterocycles. The van der Waals surface area contributed by atoms with Crippen LogP contribution < -0.4 is 16.0 Å². The van der Waals surface area contributed by atoms with Crippen LogP contribution in [0.25, 0.3) is 11.1 Å². The lowest BCUT2D eigenvalue weighted by atomic mass is 10.0. The fourth-order valence-corrected chi connectivity index (χ4v) is 2.53. The SMILES string of the molecule is Cc1cc(Nc2cccc(-c3ccc(N(C)C)cc3)c2)nc(N)n1.O=C(O)C(F)(F)F.O=C(O)C(F)(F)F. The van der Waals surface area contributed by atoms with E-state index in [1.54, 1.807) is 0 Å². The van der Waals surface area contributed by atoms with E-state index in [9.17, 15) is 26.3 Å². The molecule has 38 heavy (non-hydrogen) atoms. The number of benzene rings is 2. The van der Waals surface area contributed by atoms with Crippen LogP contribution in [0.3, 0.4) is 0 Å². The summed E-state index contributed by atoms with van der Waals surface area (Å²) in [6.07, 6.45) is -10.2. The molecule has 0 aliphatic rings. The molecule has 0 amide bonds. The number of anilines is 4. The van der Waals surface area contributed by atoms with Crippen molar-refractivity contribution in [3.05, 3.63) is 60.3 Å². The topological polar surface area (TPSA) is 142 Å². The second-order valence-corrected chi connectivity index (χ2v) is 7.51. The molecule has 0 saturated carbocycles. The van der Waals surface area contributed by atoms with Crippen molar-refractivity contribution in [1.82, 2.24) is 9.97 Å². The van der Waals surface area contributed by atoms with E-state index in [0.29, 0.717) is 5.82 Å². The van der Waals surface area contributed by atoms with E-state index in [1.165, 1.54) is 11.3 Å². The summed E-state index contributed by atoms with van der Waals surface area (Å²) in [6.45, 7) is 1.89. The van der Waals surface area contributed by atoms with Gasteiger partial charge in [-0.1, -0.05) is 24.3 Å². The van der Waals surface area contributed by atoms with Gasteiger partial charge in [0.1, 0.15) is 5.82 Å². The Morgan fingerprint density at radius 1 is 0.842 bits per heavy atom. The van der Waals surface area contributed by atoms with Crippen LogP contribution in [0, 0.1) is 6.92 Å². The highest BCUT2D eigenvalue weighted by atomic mass is 19.4. The summed E-state index contributed by atoms with van der Waals surface area (Å²) in [6, 6.07) is 18.6. The van der Waals surface area contributed by atoms with Gasteiger partial charge in [-0.05, 0) is 42.3 Å². The first-order valence-electron chi connectivity index (χ1n) is 10.3. The minimum Gasteiger partial charge on any atom is -0.475 e. The zero-order valence-electron chi connectivity index (χ0n) is 20.1. The molecule has 0 aliphatic carbocycles. The molecule has 0 spiro atoms. The van der Waals surface area contributed by atoms with Gasteiger partial charge in [0.2, 0.25) is 5.95 Å². The first-order chi connectivity index (χ1) is 17.4. The van der Waals surface area contributed by atoms with Gasteiger partial charge in [-0.3, -0.25) is 0 Å². The predicted octanol–water partition coefficient (Wildman–Crippen LogP) is 5.11. The first-order valence-corrected chi connectivity index (χ1v) is 10.3. The Morgan fingerprint density at radius 2 is 1.34 bits per heavy atom. The smallest absolute Gasteiger partial charge is 0.475 e. The summed E-state index contributed by atoms with van der Waals surface area (Å²) in [7, 11) is 4.07. The zero-order valence-corrected chi connectivity index (χ0v) is 20.1. The van der Waals surface area contributed by atoms with Gasteiger partial charge in [-0.2, -0.15) is 31.3 Å². The molecule has 0 saturated heterocycles. The van der Waals surface area contributed by atoms with Crippen molar-refractivity contribution >= 4 is 35.1 Å². The normalized spacial score (nSPS) is 10.8. The summed E-state index contributed by atoms with van der Waals surface area (Å²) in [5.41, 5.74) is 11.0. The van der Waals surface area contributed by atoms with Crippen molar-refractivity contribution in [2.45, 2.75) is 19.3 Å². The summed E-state index contributed by atoms with van der Waals surface area (Å²) in [4.78, 5) is 28.2. The van der Waals surface area contributed by atoms with Crippen molar-refractivity contribution in [3.8, 4) is 11.1 Å². The highest BCUT2D eigenvalue weighted by Gasteiger charge is 2.38.